The van der Waals surface area contributed by atoms with Crippen molar-refractivity contribution in [1.29, 1.82) is 0 Å². The minimum Gasteiger partial charge on any atom is -0.466 e. The van der Waals surface area contributed by atoms with Crippen LogP contribution < -0.4 is 0 Å². The van der Waals surface area contributed by atoms with Crippen LogP contribution >= 0.6 is 0 Å². The fourth-order valence-corrected chi connectivity index (χ4v) is 4.54. The molecule has 0 radical (unpaired) electrons. The highest BCUT2D eigenvalue weighted by molar-refractivity contribution is 5.78. The van der Waals surface area contributed by atoms with Crippen molar-refractivity contribution >= 4 is 5.97 Å². The predicted octanol–water partition coefficient (Wildman–Crippen LogP) is 4.09. The third kappa shape index (κ3) is 1.70. The number of hydrogen-bond donors (Lipinski definition) is 0. The molecule has 0 N–H and O–H groups in total. The Morgan fingerprint density at radius 1 is 0.909 bits per heavy atom. The molecule has 2 atom stereocenters. The summed E-state index contributed by atoms with van der Waals surface area (Å²) < 4.78 is 5.40. The largest absolute Gasteiger partial charge is 0.466 e. The third-order valence-electron chi connectivity index (χ3n) is 5.34. The lowest BCUT2D eigenvalue weighted by Crippen LogP contribution is -2.43. The van der Waals surface area contributed by atoms with E-state index >= 15 is 0 Å². The summed E-state index contributed by atoms with van der Waals surface area (Å²) in [6, 6.07) is 17.2. The van der Waals surface area contributed by atoms with Gasteiger partial charge in [0.1, 0.15) is 0 Å². The van der Waals surface area contributed by atoms with E-state index in [4.69, 9.17) is 4.74 Å². The van der Waals surface area contributed by atoms with E-state index in [0.29, 0.717) is 12.5 Å². The highest BCUT2D eigenvalue weighted by Gasteiger charge is 2.51. The van der Waals surface area contributed by atoms with E-state index in [1.165, 1.54) is 22.3 Å². The van der Waals surface area contributed by atoms with Crippen molar-refractivity contribution < 1.29 is 9.53 Å². The first-order valence-corrected chi connectivity index (χ1v) is 8.08. The molecular weight excluding hydrogens is 272 g/mol. The Morgan fingerprint density at radius 3 is 1.82 bits per heavy atom. The molecular formula is C20H20O2. The zero-order valence-electron chi connectivity index (χ0n) is 13.0. The highest BCUT2D eigenvalue weighted by atomic mass is 16.5. The highest BCUT2D eigenvalue weighted by Crippen LogP contribution is 2.58. The molecule has 22 heavy (non-hydrogen) atoms. The minimum atomic E-state index is -0.0743. The zero-order valence-corrected chi connectivity index (χ0v) is 13.0. The second-order valence-corrected chi connectivity index (χ2v) is 6.35. The molecule has 0 saturated carbocycles. The van der Waals surface area contributed by atoms with E-state index in [1.54, 1.807) is 0 Å². The predicted molar refractivity (Wildman–Crippen MR) is 85.9 cm³/mol. The molecule has 3 aliphatic rings. The molecule has 0 heterocycles. The van der Waals surface area contributed by atoms with Gasteiger partial charge in [0.05, 0.1) is 12.5 Å². The number of benzene rings is 2. The van der Waals surface area contributed by atoms with Crippen molar-refractivity contribution in [2.45, 2.75) is 25.7 Å². The average Bonchev–Trinajstić information content (AvgIpc) is 2.55. The summed E-state index contributed by atoms with van der Waals surface area (Å²) in [5, 5.41) is 0. The Labute approximate surface area is 131 Å². The number of hydrogen-bond acceptors (Lipinski definition) is 2. The standard InChI is InChI=1S/C20H20O2/c1-3-22-20(21)18-12(2)17-13-8-4-6-10-15(13)19(18)16-11-7-5-9-14(16)17/h4-12,17-19H,3H2,1-2H3/t12-,17?,18-,19?/m0/s1. The Morgan fingerprint density at radius 2 is 1.36 bits per heavy atom. The lowest BCUT2D eigenvalue weighted by atomic mass is 9.54. The summed E-state index contributed by atoms with van der Waals surface area (Å²) in [5.41, 5.74) is 5.39. The molecule has 3 aliphatic carbocycles. The number of fused-ring (bicyclic) bond motifs is 1. The van der Waals surface area contributed by atoms with Crippen molar-refractivity contribution in [2.24, 2.45) is 11.8 Å². The van der Waals surface area contributed by atoms with Gasteiger partial charge in [-0.05, 0) is 35.1 Å². The summed E-state index contributed by atoms with van der Waals surface area (Å²) in [5.74, 6) is 0.580. The SMILES string of the molecule is CCOC(=O)[C@@H]1C2c3ccccc3C(c3ccccc32)[C@@H]1C. The first-order chi connectivity index (χ1) is 10.7. The van der Waals surface area contributed by atoms with Crippen LogP contribution in [0, 0.1) is 11.8 Å². The van der Waals surface area contributed by atoms with Crippen LogP contribution in [0.2, 0.25) is 0 Å². The Kier molecular flexibility index (Phi) is 3.07. The van der Waals surface area contributed by atoms with E-state index in [9.17, 15) is 4.79 Å². The molecule has 2 nitrogen and oxygen atoms in total. The molecule has 0 aromatic heterocycles. The number of rotatable bonds is 2. The van der Waals surface area contributed by atoms with Gasteiger partial charge in [-0.2, -0.15) is 0 Å². The summed E-state index contributed by atoms with van der Waals surface area (Å²) in [6.45, 7) is 4.53. The molecule has 0 aliphatic heterocycles. The molecule has 112 valence electrons. The maximum atomic E-state index is 12.6. The van der Waals surface area contributed by atoms with Gasteiger partial charge in [0.2, 0.25) is 0 Å². The summed E-state index contributed by atoms with van der Waals surface area (Å²) in [7, 11) is 0. The van der Waals surface area contributed by atoms with Crippen LogP contribution in [0.5, 0.6) is 0 Å². The van der Waals surface area contributed by atoms with Crippen molar-refractivity contribution in [3.05, 3.63) is 70.8 Å². The molecule has 5 rings (SSSR count). The summed E-state index contributed by atoms with van der Waals surface area (Å²) >= 11 is 0. The lowest BCUT2D eigenvalue weighted by molar-refractivity contribution is -0.151. The number of esters is 1. The van der Waals surface area contributed by atoms with Gasteiger partial charge in [0.15, 0.2) is 0 Å². The van der Waals surface area contributed by atoms with E-state index in [2.05, 4.69) is 55.5 Å². The molecule has 0 amide bonds. The normalized spacial score (nSPS) is 27.9. The first-order valence-electron chi connectivity index (χ1n) is 8.08. The van der Waals surface area contributed by atoms with Gasteiger partial charge in [-0.25, -0.2) is 0 Å². The lowest BCUT2D eigenvalue weighted by Gasteiger charge is -2.48. The van der Waals surface area contributed by atoms with Crippen molar-refractivity contribution in [1.82, 2.24) is 0 Å². The topological polar surface area (TPSA) is 26.3 Å². The second kappa shape index (κ2) is 4.98. The monoisotopic (exact) mass is 292 g/mol. The third-order valence-corrected chi connectivity index (χ3v) is 5.34. The van der Waals surface area contributed by atoms with E-state index in [-0.39, 0.29) is 23.7 Å². The van der Waals surface area contributed by atoms with Crippen LogP contribution in [-0.2, 0) is 9.53 Å². The van der Waals surface area contributed by atoms with Crippen molar-refractivity contribution in [3.8, 4) is 0 Å². The number of carbonyl (C=O) groups excluding carboxylic acids is 1. The summed E-state index contributed by atoms with van der Waals surface area (Å²) in [6.07, 6.45) is 0. The first kappa shape index (κ1) is 13.6. The number of carbonyl (C=O) groups is 1. The number of ether oxygens (including phenoxy) is 1. The fraction of sp³-hybridized carbons (Fsp3) is 0.350. The molecule has 2 bridgehead atoms. The quantitative estimate of drug-likeness (QED) is 0.779. The molecule has 0 saturated heterocycles. The summed E-state index contributed by atoms with van der Waals surface area (Å²) in [4.78, 5) is 12.6. The van der Waals surface area contributed by atoms with Gasteiger partial charge in [-0.3, -0.25) is 4.79 Å². The van der Waals surface area contributed by atoms with Crippen LogP contribution in [0.15, 0.2) is 48.5 Å². The molecule has 2 heteroatoms. The van der Waals surface area contributed by atoms with Gasteiger partial charge >= 0.3 is 5.97 Å². The average molecular weight is 292 g/mol. The Bertz CT molecular complexity index is 686. The van der Waals surface area contributed by atoms with Crippen molar-refractivity contribution in [2.75, 3.05) is 6.61 Å². The maximum Gasteiger partial charge on any atom is 0.310 e. The van der Waals surface area contributed by atoms with Crippen LogP contribution in [-0.4, -0.2) is 12.6 Å². The van der Waals surface area contributed by atoms with Crippen molar-refractivity contribution in [3.63, 3.8) is 0 Å². The zero-order chi connectivity index (χ0) is 15.3. The molecule has 0 spiro atoms. The fourth-order valence-electron chi connectivity index (χ4n) is 4.54. The van der Waals surface area contributed by atoms with Gasteiger partial charge in [-0.1, -0.05) is 55.5 Å². The van der Waals surface area contributed by atoms with Gasteiger partial charge in [-0.15, -0.1) is 0 Å². The second-order valence-electron chi connectivity index (χ2n) is 6.35. The maximum absolute atomic E-state index is 12.6. The minimum absolute atomic E-state index is 0.0472. The van der Waals surface area contributed by atoms with Crippen LogP contribution in [0.25, 0.3) is 0 Å². The van der Waals surface area contributed by atoms with E-state index < -0.39 is 0 Å². The van der Waals surface area contributed by atoms with Crippen LogP contribution in [0.4, 0.5) is 0 Å². The molecule has 2 aromatic carbocycles. The molecule has 2 aromatic rings. The van der Waals surface area contributed by atoms with Crippen LogP contribution in [0.3, 0.4) is 0 Å². The smallest absolute Gasteiger partial charge is 0.310 e. The van der Waals surface area contributed by atoms with Crippen LogP contribution in [0.1, 0.15) is 47.9 Å². The van der Waals surface area contributed by atoms with E-state index in [0.717, 1.165) is 0 Å². The molecule has 0 fully saturated rings. The Balaban J connectivity index is 1.94. The molecule has 0 unspecified atom stereocenters. The van der Waals surface area contributed by atoms with Gasteiger partial charge < -0.3 is 4.74 Å². The van der Waals surface area contributed by atoms with E-state index in [1.807, 2.05) is 6.92 Å². The van der Waals surface area contributed by atoms with Gasteiger partial charge in [0.25, 0.3) is 0 Å². The van der Waals surface area contributed by atoms with Gasteiger partial charge in [0, 0.05) is 11.8 Å². The Hall–Kier alpha value is -2.09.